The van der Waals surface area contributed by atoms with Crippen molar-refractivity contribution in [1.29, 1.82) is 0 Å². The van der Waals surface area contributed by atoms with Gasteiger partial charge in [0.25, 0.3) is 0 Å². The zero-order valence-electron chi connectivity index (χ0n) is 25.0. The Bertz CT molecular complexity index is 1450. The van der Waals surface area contributed by atoms with Crippen LogP contribution in [0, 0.1) is 12.3 Å². The van der Waals surface area contributed by atoms with Crippen LogP contribution in [-0.4, -0.2) is 68.0 Å². The van der Waals surface area contributed by atoms with E-state index in [9.17, 15) is 8.42 Å². The molecule has 1 atom stereocenters. The predicted octanol–water partition coefficient (Wildman–Crippen LogP) is 5.23. The molecule has 2 heterocycles. The Labute approximate surface area is 248 Å². The van der Waals surface area contributed by atoms with E-state index in [1.807, 2.05) is 0 Å². The number of rotatable bonds is 10. The molecule has 4 N–H and O–H groups in total. The number of nitrogens with two attached hydrogens (primary N) is 1. The molecule has 0 bridgehead atoms. The number of anilines is 3. The van der Waals surface area contributed by atoms with Crippen LogP contribution >= 0.6 is 11.6 Å². The maximum absolute atomic E-state index is 12.7. The number of aliphatic imine (C=N–C) groups is 1. The monoisotopic (exact) mass is 603 g/mol. The Morgan fingerprint density at radius 1 is 1.29 bits per heavy atom. The molecule has 4 rings (SSSR count). The molecule has 1 aliphatic carbocycles. The summed E-state index contributed by atoms with van der Waals surface area (Å²) in [4.78, 5) is 15.2. The molecular weight excluding hydrogens is 562 g/mol. The van der Waals surface area contributed by atoms with E-state index in [0.29, 0.717) is 5.92 Å². The van der Waals surface area contributed by atoms with Crippen molar-refractivity contribution in [1.82, 2.24) is 14.9 Å². The van der Waals surface area contributed by atoms with Crippen molar-refractivity contribution < 1.29 is 13.2 Å². The molecule has 12 heteroatoms. The normalized spacial score (nSPS) is 20.3. The molecule has 2 fully saturated rings. The fraction of sp³-hybridized carbons (Fsp3) is 0.552. The highest BCUT2D eigenvalue weighted by molar-refractivity contribution is 7.95. The molecule has 0 spiro atoms. The third kappa shape index (κ3) is 7.13. The van der Waals surface area contributed by atoms with Crippen molar-refractivity contribution in [2.24, 2.45) is 16.1 Å². The highest BCUT2D eigenvalue weighted by atomic mass is 35.5. The zero-order valence-corrected chi connectivity index (χ0v) is 26.5. The first-order valence-corrected chi connectivity index (χ1v) is 15.9. The Hall–Kier alpha value is -2.89. The summed E-state index contributed by atoms with van der Waals surface area (Å²) in [6, 6.07) is 4.27. The predicted molar refractivity (Wildman–Crippen MR) is 167 cm³/mol. The van der Waals surface area contributed by atoms with E-state index in [0.717, 1.165) is 43.8 Å². The van der Waals surface area contributed by atoms with Gasteiger partial charge in [-0.1, -0.05) is 25.4 Å². The second-order valence-electron chi connectivity index (χ2n) is 12.0. The first-order valence-electron chi connectivity index (χ1n) is 13.9. The van der Waals surface area contributed by atoms with Gasteiger partial charge in [0.15, 0.2) is 20.7 Å². The lowest BCUT2D eigenvalue weighted by atomic mass is 9.69. The van der Waals surface area contributed by atoms with Gasteiger partial charge in [-0.2, -0.15) is 4.98 Å². The molecule has 0 radical (unpaired) electrons. The van der Waals surface area contributed by atoms with Crippen LogP contribution < -0.4 is 21.1 Å². The maximum Gasteiger partial charge on any atom is 0.229 e. The summed E-state index contributed by atoms with van der Waals surface area (Å²) in [5, 5.41) is 5.38. The molecule has 1 saturated heterocycles. The number of nitrogens with one attached hydrogen (secondary N) is 2. The molecule has 2 aromatic rings. The zero-order chi connectivity index (χ0) is 30.1. The average Bonchev–Trinajstić information content (AvgIpc) is 3.70. The summed E-state index contributed by atoms with van der Waals surface area (Å²) >= 11 is 6.40. The Morgan fingerprint density at radius 3 is 2.61 bits per heavy atom. The van der Waals surface area contributed by atoms with Crippen LogP contribution in [0.25, 0.3) is 0 Å². The highest BCUT2D eigenvalue weighted by Crippen LogP contribution is 2.46. The van der Waals surface area contributed by atoms with E-state index >= 15 is 0 Å². The van der Waals surface area contributed by atoms with Gasteiger partial charge in [0.2, 0.25) is 5.95 Å². The van der Waals surface area contributed by atoms with E-state index < -0.39 is 15.1 Å². The standard InChI is InChI=1S/C29H42ClN7O3S/c1-17(2)41(38,39)26(31)24(15-32-6)34-27-22(30)14-33-28(36-27)35-23-12-18(3)20(13-25(23)40-19-8-9-19)21-10-11-37(7)16-29(21,4)5/h12-15,17,19,21H,8-11,16,31H2,1-7H3,(H2,33,34,35,36). The van der Waals surface area contributed by atoms with Gasteiger partial charge < -0.3 is 26.0 Å². The number of likely N-dealkylation sites (tertiary alicyclic amines) is 1. The number of ether oxygens (including phenoxy) is 1. The third-order valence-electron chi connectivity index (χ3n) is 7.68. The van der Waals surface area contributed by atoms with Gasteiger partial charge in [-0.15, -0.1) is 0 Å². The smallest absolute Gasteiger partial charge is 0.229 e. The minimum atomic E-state index is -3.75. The summed E-state index contributed by atoms with van der Waals surface area (Å²) in [5.74, 6) is 1.63. The first-order chi connectivity index (χ1) is 19.2. The number of allylic oxidation sites excluding steroid dienone is 1. The van der Waals surface area contributed by atoms with Crippen molar-refractivity contribution in [3.8, 4) is 5.75 Å². The fourth-order valence-electron chi connectivity index (χ4n) is 5.30. The van der Waals surface area contributed by atoms with Gasteiger partial charge in [0.05, 0.1) is 28.9 Å². The molecule has 41 heavy (non-hydrogen) atoms. The summed E-state index contributed by atoms with van der Waals surface area (Å²) < 4.78 is 31.8. The number of aryl methyl sites for hydroxylation is 1. The molecule has 1 aliphatic heterocycles. The van der Waals surface area contributed by atoms with Gasteiger partial charge in [-0.05, 0) is 88.2 Å². The number of nitrogens with zero attached hydrogens (tertiary/aromatic N) is 4. The lowest BCUT2D eigenvalue weighted by Gasteiger charge is -2.44. The maximum atomic E-state index is 12.7. The SMILES string of the molecule is CN=CC(Nc1nc(Nc2cc(C)c(C3CCN(C)CC3(C)C)cc2OC2CC2)ncc1Cl)=C(N)S(=O)(=O)C(C)C. The van der Waals surface area contributed by atoms with Crippen LogP contribution in [-0.2, 0) is 9.84 Å². The lowest BCUT2D eigenvalue weighted by Crippen LogP contribution is -2.42. The third-order valence-corrected chi connectivity index (χ3v) is 10.0. The summed E-state index contributed by atoms with van der Waals surface area (Å²) in [7, 11) is -0.0485. The van der Waals surface area contributed by atoms with Crippen molar-refractivity contribution in [3.63, 3.8) is 0 Å². The van der Waals surface area contributed by atoms with Crippen molar-refractivity contribution >= 4 is 45.1 Å². The number of piperidine rings is 1. The minimum Gasteiger partial charge on any atom is -0.488 e. The van der Waals surface area contributed by atoms with Gasteiger partial charge in [-0.3, -0.25) is 4.99 Å². The van der Waals surface area contributed by atoms with Crippen LogP contribution in [0.2, 0.25) is 5.02 Å². The molecule has 10 nitrogen and oxygen atoms in total. The van der Waals surface area contributed by atoms with E-state index in [2.05, 4.69) is 70.4 Å². The Morgan fingerprint density at radius 2 is 2.00 bits per heavy atom. The molecular formula is C29H42ClN7O3S. The molecule has 224 valence electrons. The minimum absolute atomic E-state index is 0.0754. The molecule has 1 aromatic carbocycles. The van der Waals surface area contributed by atoms with Gasteiger partial charge >= 0.3 is 0 Å². The second-order valence-corrected chi connectivity index (χ2v) is 14.9. The number of benzene rings is 1. The van der Waals surface area contributed by atoms with Crippen molar-refractivity contribution in [2.75, 3.05) is 37.8 Å². The number of halogens is 1. The summed E-state index contributed by atoms with van der Waals surface area (Å²) in [6.45, 7) is 12.0. The lowest BCUT2D eigenvalue weighted by molar-refractivity contribution is 0.114. The molecule has 1 aromatic heterocycles. The Kier molecular flexibility index (Phi) is 9.20. The van der Waals surface area contributed by atoms with E-state index in [4.69, 9.17) is 22.1 Å². The van der Waals surface area contributed by atoms with Crippen LogP contribution in [0.5, 0.6) is 5.75 Å². The van der Waals surface area contributed by atoms with Crippen LogP contribution in [0.15, 0.2) is 34.0 Å². The van der Waals surface area contributed by atoms with Crippen LogP contribution in [0.3, 0.4) is 0 Å². The van der Waals surface area contributed by atoms with Crippen LogP contribution in [0.4, 0.5) is 17.5 Å². The van der Waals surface area contributed by atoms with Crippen LogP contribution in [0.1, 0.15) is 64.0 Å². The topological polar surface area (TPSA) is 135 Å². The second kappa shape index (κ2) is 12.1. The van der Waals surface area contributed by atoms with Crippen molar-refractivity contribution in [2.45, 2.75) is 71.2 Å². The van der Waals surface area contributed by atoms with E-state index in [1.54, 1.807) is 13.8 Å². The molecule has 2 aliphatic rings. The number of sulfone groups is 1. The van der Waals surface area contributed by atoms with E-state index in [-0.39, 0.29) is 39.0 Å². The fourth-order valence-corrected chi connectivity index (χ4v) is 6.35. The number of aromatic nitrogens is 2. The van der Waals surface area contributed by atoms with Crippen molar-refractivity contribution in [3.05, 3.63) is 45.2 Å². The molecule has 1 unspecified atom stereocenters. The largest absolute Gasteiger partial charge is 0.488 e. The number of hydrogen-bond donors (Lipinski definition) is 3. The van der Waals surface area contributed by atoms with Gasteiger partial charge in [-0.25, -0.2) is 13.4 Å². The van der Waals surface area contributed by atoms with Gasteiger partial charge in [0.1, 0.15) is 10.8 Å². The highest BCUT2D eigenvalue weighted by Gasteiger charge is 2.37. The Balaban J connectivity index is 1.68. The molecule has 1 saturated carbocycles. The molecule has 0 amide bonds. The quantitative estimate of drug-likeness (QED) is 0.312. The number of hydrogen-bond acceptors (Lipinski definition) is 10. The summed E-state index contributed by atoms with van der Waals surface area (Å²) in [5.41, 5.74) is 9.48. The average molecular weight is 604 g/mol. The first kappa shape index (κ1) is 31.1. The van der Waals surface area contributed by atoms with Gasteiger partial charge in [0, 0.05) is 19.8 Å². The summed E-state index contributed by atoms with van der Waals surface area (Å²) in [6.07, 6.45) is 6.12. The van der Waals surface area contributed by atoms with E-state index in [1.165, 1.54) is 30.6 Å².